The largest absolute Gasteiger partial charge is 0.381 e. The molecule has 0 atom stereocenters. The molecule has 5 nitrogen and oxygen atoms in total. The van der Waals surface area contributed by atoms with Gasteiger partial charge in [-0.25, -0.2) is 0 Å². The normalized spacial score (nSPS) is 23.0. The molecule has 0 aromatic rings. The predicted octanol–water partition coefficient (Wildman–Crippen LogP) is 2.21. The van der Waals surface area contributed by atoms with Crippen molar-refractivity contribution in [3.8, 4) is 0 Å². The number of aliphatic imine (C=N–C) groups is 1. The van der Waals surface area contributed by atoms with Gasteiger partial charge in [0.25, 0.3) is 0 Å². The monoisotopic (exact) mass is 424 g/mol. The van der Waals surface area contributed by atoms with Crippen molar-refractivity contribution in [3.63, 3.8) is 0 Å². The van der Waals surface area contributed by atoms with Crippen LogP contribution in [0.4, 0.5) is 0 Å². The van der Waals surface area contributed by atoms with E-state index in [4.69, 9.17) is 4.74 Å². The molecule has 2 aliphatic rings. The summed E-state index contributed by atoms with van der Waals surface area (Å²) in [5.74, 6) is 0.896. The minimum absolute atomic E-state index is 0. The summed E-state index contributed by atoms with van der Waals surface area (Å²) in [6.45, 7) is 11.6. The Kier molecular flexibility index (Phi) is 7.88. The fourth-order valence-corrected chi connectivity index (χ4v) is 3.33. The lowest BCUT2D eigenvalue weighted by Crippen LogP contribution is -2.59. The van der Waals surface area contributed by atoms with Crippen LogP contribution in [0.1, 0.15) is 46.5 Å². The van der Waals surface area contributed by atoms with Crippen LogP contribution in [0.25, 0.3) is 0 Å². The summed E-state index contributed by atoms with van der Waals surface area (Å²) in [6.07, 6.45) is 4.90. The van der Waals surface area contributed by atoms with Gasteiger partial charge >= 0.3 is 0 Å². The van der Waals surface area contributed by atoms with Gasteiger partial charge in [-0.15, -0.1) is 24.0 Å². The van der Waals surface area contributed by atoms with E-state index in [1.807, 2.05) is 7.05 Å². The van der Waals surface area contributed by atoms with Crippen LogP contribution in [0.2, 0.25) is 0 Å². The van der Waals surface area contributed by atoms with E-state index in [0.29, 0.717) is 0 Å². The average molecular weight is 424 g/mol. The highest BCUT2D eigenvalue weighted by Gasteiger charge is 2.39. The lowest BCUT2D eigenvalue weighted by Gasteiger charge is -2.45. The zero-order valence-electron chi connectivity index (χ0n) is 14.6. The number of likely N-dealkylation sites (tertiary alicyclic amines) is 1. The summed E-state index contributed by atoms with van der Waals surface area (Å²) in [6, 6.07) is 0. The summed E-state index contributed by atoms with van der Waals surface area (Å²) in [7, 11) is 1.84. The van der Waals surface area contributed by atoms with Crippen LogP contribution in [0, 0.1) is 0 Å². The van der Waals surface area contributed by atoms with E-state index in [0.717, 1.165) is 38.6 Å². The maximum atomic E-state index is 5.60. The highest BCUT2D eigenvalue weighted by atomic mass is 127. The predicted molar refractivity (Wildman–Crippen MR) is 103 cm³/mol. The fraction of sp³-hybridized carbons (Fsp3) is 0.938. The smallest absolute Gasteiger partial charge is 0.191 e. The first kappa shape index (κ1) is 20.0. The van der Waals surface area contributed by atoms with Gasteiger partial charge in [0.15, 0.2) is 5.96 Å². The maximum Gasteiger partial charge on any atom is 0.191 e. The van der Waals surface area contributed by atoms with E-state index in [9.17, 15) is 0 Å². The van der Waals surface area contributed by atoms with E-state index < -0.39 is 0 Å². The van der Waals surface area contributed by atoms with Crippen molar-refractivity contribution in [2.75, 3.05) is 39.9 Å². The van der Waals surface area contributed by atoms with Crippen LogP contribution in [0.15, 0.2) is 4.99 Å². The van der Waals surface area contributed by atoms with E-state index in [1.165, 1.54) is 25.9 Å². The third-order valence-corrected chi connectivity index (χ3v) is 4.50. The summed E-state index contributed by atoms with van der Waals surface area (Å²) in [5.41, 5.74) is 0.266. The zero-order valence-corrected chi connectivity index (χ0v) is 16.9. The molecular weight excluding hydrogens is 391 g/mol. The van der Waals surface area contributed by atoms with Crippen molar-refractivity contribution >= 4 is 29.9 Å². The minimum atomic E-state index is 0. The van der Waals surface area contributed by atoms with Crippen LogP contribution >= 0.6 is 24.0 Å². The van der Waals surface area contributed by atoms with Crippen molar-refractivity contribution in [1.29, 1.82) is 0 Å². The quantitative estimate of drug-likeness (QED) is 0.415. The third kappa shape index (κ3) is 5.53. The second-order valence-corrected chi connectivity index (χ2v) is 7.33. The summed E-state index contributed by atoms with van der Waals surface area (Å²) >= 11 is 0. The van der Waals surface area contributed by atoms with Crippen LogP contribution in [0.5, 0.6) is 0 Å². The highest BCUT2D eigenvalue weighted by Crippen LogP contribution is 2.30. The fourth-order valence-electron chi connectivity index (χ4n) is 3.33. The molecular formula is C16H33IN4O. The van der Waals surface area contributed by atoms with Crippen molar-refractivity contribution < 1.29 is 4.74 Å². The zero-order chi connectivity index (χ0) is 15.3. The number of halogens is 1. The van der Waals surface area contributed by atoms with Crippen LogP contribution in [0.3, 0.4) is 0 Å². The molecule has 0 aromatic heterocycles. The number of nitrogens with one attached hydrogen (secondary N) is 2. The van der Waals surface area contributed by atoms with Gasteiger partial charge in [0.2, 0.25) is 0 Å². The average Bonchev–Trinajstić information content (AvgIpc) is 2.98. The molecule has 0 bridgehead atoms. The van der Waals surface area contributed by atoms with Gasteiger partial charge in [0.05, 0.1) is 0 Å². The second kappa shape index (κ2) is 8.68. The molecule has 22 heavy (non-hydrogen) atoms. The molecule has 0 radical (unpaired) electrons. The van der Waals surface area contributed by atoms with Gasteiger partial charge in [-0.05, 0) is 59.5 Å². The van der Waals surface area contributed by atoms with E-state index in [-0.39, 0.29) is 35.1 Å². The second-order valence-electron chi connectivity index (χ2n) is 7.33. The van der Waals surface area contributed by atoms with Gasteiger partial charge in [0.1, 0.15) is 0 Å². The van der Waals surface area contributed by atoms with Crippen LogP contribution in [-0.2, 0) is 4.74 Å². The lowest BCUT2D eigenvalue weighted by molar-refractivity contribution is -0.0164. The molecule has 2 aliphatic heterocycles. The molecule has 0 spiro atoms. The molecule has 0 saturated carbocycles. The Morgan fingerprint density at radius 3 is 2.27 bits per heavy atom. The van der Waals surface area contributed by atoms with Gasteiger partial charge in [-0.1, -0.05) is 0 Å². The Morgan fingerprint density at radius 2 is 1.77 bits per heavy atom. The first-order valence-corrected chi connectivity index (χ1v) is 8.27. The summed E-state index contributed by atoms with van der Waals surface area (Å²) < 4.78 is 5.60. The Bertz CT molecular complexity index is 356. The lowest BCUT2D eigenvalue weighted by atomic mass is 9.88. The number of hydrogen-bond donors (Lipinski definition) is 2. The number of ether oxygens (including phenoxy) is 1. The number of hydrogen-bond acceptors (Lipinski definition) is 3. The minimum Gasteiger partial charge on any atom is -0.381 e. The molecule has 130 valence electrons. The highest BCUT2D eigenvalue weighted by molar-refractivity contribution is 14.0. The van der Waals surface area contributed by atoms with E-state index in [2.05, 4.69) is 41.3 Å². The first-order valence-electron chi connectivity index (χ1n) is 8.27. The van der Waals surface area contributed by atoms with E-state index >= 15 is 0 Å². The SMILES string of the molecule is CN=C(NCC1(N2CCCC2)CCOCC1)NC(C)(C)C.I. The van der Waals surface area contributed by atoms with Crippen LogP contribution in [-0.4, -0.2) is 61.8 Å². The molecule has 2 N–H and O–H groups in total. The molecule has 2 heterocycles. The molecule has 6 heteroatoms. The van der Waals surface area contributed by atoms with Crippen molar-refractivity contribution in [1.82, 2.24) is 15.5 Å². The summed E-state index contributed by atoms with van der Waals surface area (Å²) in [4.78, 5) is 7.03. The molecule has 2 rings (SSSR count). The molecule has 0 aromatic carbocycles. The van der Waals surface area contributed by atoms with Crippen molar-refractivity contribution in [2.45, 2.75) is 57.5 Å². The van der Waals surface area contributed by atoms with Crippen LogP contribution < -0.4 is 10.6 Å². The van der Waals surface area contributed by atoms with Gasteiger partial charge in [-0.3, -0.25) is 9.89 Å². The standard InChI is InChI=1S/C16H32N4O.HI/c1-15(2,3)19-14(17-4)18-13-16(7-11-21-12-8-16)20-9-5-6-10-20;/h5-13H2,1-4H3,(H2,17,18,19);1H. The number of guanidine groups is 1. The third-order valence-electron chi connectivity index (χ3n) is 4.50. The van der Waals surface area contributed by atoms with Gasteiger partial charge in [0, 0.05) is 37.9 Å². The Hall–Kier alpha value is -0.0800. The molecule has 0 aliphatic carbocycles. The molecule has 0 amide bonds. The van der Waals surface area contributed by atoms with E-state index in [1.54, 1.807) is 0 Å². The first-order chi connectivity index (χ1) is 9.95. The molecule has 0 unspecified atom stereocenters. The molecule has 2 fully saturated rings. The molecule has 2 saturated heterocycles. The van der Waals surface area contributed by atoms with Gasteiger partial charge < -0.3 is 15.4 Å². The van der Waals surface area contributed by atoms with Gasteiger partial charge in [-0.2, -0.15) is 0 Å². The number of rotatable bonds is 3. The van der Waals surface area contributed by atoms with Crippen molar-refractivity contribution in [3.05, 3.63) is 0 Å². The maximum absolute atomic E-state index is 5.60. The Morgan fingerprint density at radius 1 is 1.18 bits per heavy atom. The number of nitrogens with zero attached hydrogens (tertiary/aromatic N) is 2. The Balaban J connectivity index is 0.00000242. The summed E-state index contributed by atoms with van der Waals surface area (Å²) in [5, 5.41) is 7.00. The van der Waals surface area contributed by atoms with Crippen molar-refractivity contribution in [2.24, 2.45) is 4.99 Å². The topological polar surface area (TPSA) is 48.9 Å². The Labute approximate surface area is 152 Å².